The highest BCUT2D eigenvalue weighted by Gasteiger charge is 2.50. The maximum absolute atomic E-state index is 13.1. The lowest BCUT2D eigenvalue weighted by Gasteiger charge is -2.46. The van der Waals surface area contributed by atoms with Gasteiger partial charge >= 0.3 is 11.9 Å². The van der Waals surface area contributed by atoms with E-state index >= 15 is 0 Å². The molecule has 7 atom stereocenters. The van der Waals surface area contributed by atoms with Gasteiger partial charge in [-0.1, -0.05) is 25.8 Å². The van der Waals surface area contributed by atoms with Crippen molar-refractivity contribution in [2.24, 2.45) is 5.92 Å². The number of aliphatic hydroxyl groups is 3. The molecule has 0 bridgehead atoms. The molecule has 2 aliphatic heterocycles. The molecule has 1 saturated heterocycles. The number of carboxylic acid groups (broad SMARTS) is 1. The maximum Gasteiger partial charge on any atom is 0.336 e. The number of hydrogen-bond donors (Lipinski definition) is 5. The van der Waals surface area contributed by atoms with Crippen molar-refractivity contribution in [3.63, 3.8) is 0 Å². The van der Waals surface area contributed by atoms with Gasteiger partial charge in [-0.05, 0) is 57.2 Å². The van der Waals surface area contributed by atoms with Crippen molar-refractivity contribution < 1.29 is 53.4 Å². The zero-order valence-corrected chi connectivity index (χ0v) is 20.8. The Balaban J connectivity index is 1.55. The number of carbonyl (C=O) groups excluding carboxylic acids is 1. The third-order valence-electron chi connectivity index (χ3n) is 7.51. The normalized spacial score (nSPS) is 33.9. The standard InChI is InChI=1S/C27H36O10/c1-4-5-6-7-13-10-17(28)19-15-12-14(8-9-16(15)27(2,3)37-18(19)11-13)25(34)36-26-22(31)20(29)21(30)23(35-26)24(32)33/h10-12,15-16,20-23,26,28-31H,4-9H2,1-3H3,(H,32,33)/t15-,16-,20+,21+,22-,23+,26+/m1/s1/i1D3. The zero-order valence-electron chi connectivity index (χ0n) is 23.8. The molecule has 1 aliphatic carbocycles. The molecule has 37 heavy (non-hydrogen) atoms. The first-order valence-corrected chi connectivity index (χ1v) is 12.5. The van der Waals surface area contributed by atoms with E-state index in [4.69, 9.17) is 18.3 Å². The molecule has 0 aromatic heterocycles. The first kappa shape index (κ1) is 23.5. The van der Waals surface area contributed by atoms with E-state index in [0.29, 0.717) is 37.0 Å². The molecule has 0 radical (unpaired) electrons. The summed E-state index contributed by atoms with van der Waals surface area (Å²) >= 11 is 0. The van der Waals surface area contributed by atoms with Crippen molar-refractivity contribution in [2.75, 3.05) is 0 Å². The van der Waals surface area contributed by atoms with Crippen LogP contribution in [0.25, 0.3) is 0 Å². The smallest absolute Gasteiger partial charge is 0.336 e. The van der Waals surface area contributed by atoms with Crippen LogP contribution in [0.2, 0.25) is 0 Å². The van der Waals surface area contributed by atoms with E-state index in [9.17, 15) is 35.1 Å². The third kappa shape index (κ3) is 5.34. The monoisotopic (exact) mass is 523 g/mol. The van der Waals surface area contributed by atoms with Crippen LogP contribution in [0, 0.1) is 5.92 Å². The molecule has 0 spiro atoms. The third-order valence-corrected chi connectivity index (χ3v) is 7.51. The summed E-state index contributed by atoms with van der Waals surface area (Å²) in [6, 6.07) is 3.45. The number of phenols is 1. The van der Waals surface area contributed by atoms with Crippen LogP contribution in [0.15, 0.2) is 23.8 Å². The maximum atomic E-state index is 13.1. The summed E-state index contributed by atoms with van der Waals surface area (Å²) in [6.07, 6.45) is -5.12. The second-order valence-electron chi connectivity index (χ2n) is 10.4. The van der Waals surface area contributed by atoms with Crippen LogP contribution in [0.1, 0.15) is 74.0 Å². The molecule has 3 aliphatic rings. The summed E-state index contributed by atoms with van der Waals surface area (Å²) < 4.78 is 38.7. The van der Waals surface area contributed by atoms with Gasteiger partial charge in [0.1, 0.15) is 35.4 Å². The Bertz CT molecular complexity index is 1160. The number of hydrogen-bond acceptors (Lipinski definition) is 9. The van der Waals surface area contributed by atoms with Crippen molar-refractivity contribution >= 4 is 11.9 Å². The minimum Gasteiger partial charge on any atom is -0.507 e. The van der Waals surface area contributed by atoms with Gasteiger partial charge in [0.25, 0.3) is 0 Å². The van der Waals surface area contributed by atoms with Crippen LogP contribution in [-0.4, -0.2) is 73.8 Å². The molecule has 4 rings (SSSR count). The largest absolute Gasteiger partial charge is 0.507 e. The molecule has 0 unspecified atom stereocenters. The van der Waals surface area contributed by atoms with Crippen LogP contribution in [-0.2, 0) is 25.5 Å². The lowest BCUT2D eigenvalue weighted by Crippen LogP contribution is -2.60. The van der Waals surface area contributed by atoms with Crippen LogP contribution in [0.4, 0.5) is 0 Å². The Morgan fingerprint density at radius 2 is 1.92 bits per heavy atom. The van der Waals surface area contributed by atoms with Gasteiger partial charge in [0.15, 0.2) is 6.10 Å². The molecular weight excluding hydrogens is 484 g/mol. The predicted molar refractivity (Wildman–Crippen MR) is 130 cm³/mol. The van der Waals surface area contributed by atoms with Gasteiger partial charge in [0, 0.05) is 27.1 Å². The number of phenolic OH excluding ortho intramolecular Hbond substituents is 1. The number of benzene rings is 1. The summed E-state index contributed by atoms with van der Waals surface area (Å²) in [5.74, 6) is -2.53. The molecule has 1 fully saturated rings. The first-order chi connectivity index (χ1) is 18.6. The van der Waals surface area contributed by atoms with Gasteiger partial charge in [-0.3, -0.25) is 0 Å². The number of carboxylic acids is 1. The number of aliphatic hydroxyl groups excluding tert-OH is 3. The van der Waals surface area contributed by atoms with Gasteiger partial charge < -0.3 is 39.7 Å². The summed E-state index contributed by atoms with van der Waals surface area (Å²) in [5, 5.41) is 50.3. The average molecular weight is 524 g/mol. The molecule has 1 aromatic rings. The summed E-state index contributed by atoms with van der Waals surface area (Å²) in [6.45, 7) is 1.87. The van der Waals surface area contributed by atoms with Crippen molar-refractivity contribution in [1.82, 2.24) is 0 Å². The number of ether oxygens (including phenoxy) is 3. The number of aryl methyl sites for hydroxylation is 1. The van der Waals surface area contributed by atoms with Crippen LogP contribution in [0.5, 0.6) is 11.5 Å². The molecule has 0 saturated carbocycles. The van der Waals surface area contributed by atoms with E-state index in [-0.39, 0.29) is 30.1 Å². The molecule has 2 heterocycles. The predicted octanol–water partition coefficient (Wildman–Crippen LogP) is 2.15. The fourth-order valence-corrected chi connectivity index (χ4v) is 5.52. The second kappa shape index (κ2) is 10.6. The van der Waals surface area contributed by atoms with E-state index in [1.807, 2.05) is 19.9 Å². The van der Waals surface area contributed by atoms with Crippen molar-refractivity contribution in [3.05, 3.63) is 34.9 Å². The quantitative estimate of drug-likeness (QED) is 0.264. The number of allylic oxidation sites excluding steroid dienone is 1. The Kier molecular flexibility index (Phi) is 6.72. The summed E-state index contributed by atoms with van der Waals surface area (Å²) in [7, 11) is 0. The summed E-state index contributed by atoms with van der Waals surface area (Å²) in [5.41, 5.74) is 0.890. The molecule has 10 nitrogen and oxygen atoms in total. The van der Waals surface area contributed by atoms with Crippen LogP contribution >= 0.6 is 0 Å². The van der Waals surface area contributed by atoms with Crippen molar-refractivity contribution in [1.29, 1.82) is 0 Å². The first-order valence-electron chi connectivity index (χ1n) is 14.0. The highest BCUT2D eigenvalue weighted by Crippen LogP contribution is 2.53. The fourth-order valence-electron chi connectivity index (χ4n) is 5.52. The van der Waals surface area contributed by atoms with Gasteiger partial charge in [-0.2, -0.15) is 0 Å². The molecule has 0 amide bonds. The van der Waals surface area contributed by atoms with E-state index < -0.39 is 61.0 Å². The molecule has 1 aromatic carbocycles. The fraction of sp³-hybridized carbons (Fsp3) is 0.630. The van der Waals surface area contributed by atoms with Gasteiger partial charge in [0.2, 0.25) is 6.29 Å². The summed E-state index contributed by atoms with van der Waals surface area (Å²) in [4.78, 5) is 24.4. The van der Waals surface area contributed by atoms with E-state index in [1.54, 1.807) is 12.1 Å². The number of carbonyl (C=O) groups is 2. The minimum atomic E-state index is -1.98. The van der Waals surface area contributed by atoms with Crippen molar-refractivity contribution in [2.45, 2.75) is 101 Å². The van der Waals surface area contributed by atoms with E-state index in [0.717, 1.165) is 5.56 Å². The number of esters is 1. The minimum absolute atomic E-state index is 0.00728. The average Bonchev–Trinajstić information content (AvgIpc) is 2.85. The SMILES string of the molecule is [2H]C([2H])([2H])CCCCc1cc(O)c2c(c1)OC(C)(C)[C@@H]1CCC(C(=O)O[C@@H]3O[C@H](C(=O)O)[C@@H](O)[C@H](O)[C@H]3O)=C[C@@H]21. The highest BCUT2D eigenvalue weighted by molar-refractivity contribution is 5.89. The lowest BCUT2D eigenvalue weighted by molar-refractivity contribution is -0.285. The van der Waals surface area contributed by atoms with Crippen molar-refractivity contribution in [3.8, 4) is 11.5 Å². The molecule has 204 valence electrons. The van der Waals surface area contributed by atoms with Gasteiger partial charge in [-0.25, -0.2) is 9.59 Å². The zero-order chi connectivity index (χ0) is 29.6. The number of fused-ring (bicyclic) bond motifs is 3. The molecular formula is C27H36O10. The lowest BCUT2D eigenvalue weighted by atomic mass is 9.67. The van der Waals surface area contributed by atoms with Crippen LogP contribution in [0.3, 0.4) is 0 Å². The van der Waals surface area contributed by atoms with Gasteiger partial charge in [0.05, 0.1) is 0 Å². The van der Waals surface area contributed by atoms with E-state index in [1.165, 1.54) is 0 Å². The number of rotatable bonds is 7. The Hall–Kier alpha value is -2.66. The number of aromatic hydroxyl groups is 1. The second-order valence-corrected chi connectivity index (χ2v) is 10.4. The number of unbranched alkanes of at least 4 members (excludes halogenated alkanes) is 1. The Morgan fingerprint density at radius 1 is 1.16 bits per heavy atom. The Morgan fingerprint density at radius 3 is 2.62 bits per heavy atom. The molecule has 5 N–H and O–H groups in total. The highest BCUT2D eigenvalue weighted by atomic mass is 16.7. The Labute approximate surface area is 219 Å². The van der Waals surface area contributed by atoms with E-state index in [2.05, 4.69) is 0 Å². The molecule has 10 heteroatoms. The topological polar surface area (TPSA) is 163 Å². The number of aliphatic carboxylic acids is 1. The van der Waals surface area contributed by atoms with Gasteiger partial charge in [-0.15, -0.1) is 0 Å². The van der Waals surface area contributed by atoms with Crippen LogP contribution < -0.4 is 4.74 Å².